The fraction of sp³-hybridized carbons (Fsp3) is 0.154. The lowest BCUT2D eigenvalue weighted by Gasteiger charge is -2.05. The Balaban J connectivity index is 2.07. The molecule has 0 unspecified atom stereocenters. The topological polar surface area (TPSA) is 54.9 Å². The molecule has 1 amide bonds. The number of aryl methyl sites for hydroxylation is 1. The van der Waals surface area contributed by atoms with Crippen molar-refractivity contribution in [3.8, 4) is 0 Å². The quantitative estimate of drug-likeness (QED) is 0.944. The maximum absolute atomic E-state index is 13.5. The highest BCUT2D eigenvalue weighted by Crippen LogP contribution is 2.16. The number of carbonyl (C=O) groups excluding carboxylic acids is 1. The lowest BCUT2D eigenvalue weighted by molar-refractivity contribution is -0.115. The summed E-state index contributed by atoms with van der Waals surface area (Å²) < 4.78 is 14.2. The minimum atomic E-state index is -0.413. The number of nitrogens with one attached hydrogen (secondary N) is 1. The van der Waals surface area contributed by atoms with Crippen LogP contribution < -0.4 is 5.32 Å². The second kappa shape index (κ2) is 5.88. The summed E-state index contributed by atoms with van der Waals surface area (Å²) in [6, 6.07) is 6.20. The molecule has 1 N–H and O–H groups in total. The second-order valence-corrected chi connectivity index (χ2v) is 4.90. The van der Waals surface area contributed by atoms with Gasteiger partial charge in [-0.3, -0.25) is 10.1 Å². The van der Waals surface area contributed by atoms with E-state index in [1.165, 1.54) is 6.07 Å². The summed E-state index contributed by atoms with van der Waals surface area (Å²) in [5.74, 6) is -0.550. The molecule has 4 nitrogen and oxygen atoms in total. The lowest BCUT2D eigenvalue weighted by atomic mass is 10.1. The van der Waals surface area contributed by atoms with E-state index in [1.54, 1.807) is 31.3 Å². The predicted octanol–water partition coefficient (Wildman–Crippen LogP) is 2.87. The number of halogens is 2. The van der Waals surface area contributed by atoms with E-state index in [2.05, 4.69) is 31.2 Å². The molecule has 19 heavy (non-hydrogen) atoms. The highest BCUT2D eigenvalue weighted by atomic mass is 79.9. The third-order valence-electron chi connectivity index (χ3n) is 2.40. The number of hydrogen-bond donors (Lipinski definition) is 1. The lowest BCUT2D eigenvalue weighted by Crippen LogP contribution is -2.17. The van der Waals surface area contributed by atoms with Crippen molar-refractivity contribution in [2.45, 2.75) is 13.3 Å². The maximum Gasteiger partial charge on any atom is 0.231 e. The van der Waals surface area contributed by atoms with E-state index in [0.29, 0.717) is 5.56 Å². The van der Waals surface area contributed by atoms with Crippen LogP contribution in [-0.2, 0) is 11.2 Å². The average Bonchev–Trinajstić information content (AvgIpc) is 2.34. The first kappa shape index (κ1) is 13.6. The molecule has 1 aromatic carbocycles. The molecule has 0 radical (unpaired) electrons. The molecule has 2 rings (SSSR count). The van der Waals surface area contributed by atoms with Crippen molar-refractivity contribution in [3.05, 3.63) is 52.0 Å². The van der Waals surface area contributed by atoms with Crippen LogP contribution in [0.4, 0.5) is 10.3 Å². The molecule has 0 saturated carbocycles. The van der Waals surface area contributed by atoms with Crippen LogP contribution in [0.25, 0.3) is 0 Å². The van der Waals surface area contributed by atoms with Gasteiger partial charge in [-0.05, 0) is 36.8 Å². The van der Waals surface area contributed by atoms with Crippen LogP contribution in [0.2, 0.25) is 0 Å². The summed E-state index contributed by atoms with van der Waals surface area (Å²) in [5, 5.41) is 2.53. The summed E-state index contributed by atoms with van der Waals surface area (Å²) >= 11 is 3.24. The zero-order valence-corrected chi connectivity index (χ0v) is 11.7. The van der Waals surface area contributed by atoms with Gasteiger partial charge in [0.05, 0.1) is 6.42 Å². The molecule has 0 aliphatic rings. The normalized spacial score (nSPS) is 10.3. The molecule has 0 aliphatic heterocycles. The molecule has 0 spiro atoms. The summed E-state index contributed by atoms with van der Waals surface area (Å²) in [7, 11) is 0. The average molecular weight is 324 g/mol. The van der Waals surface area contributed by atoms with E-state index >= 15 is 0 Å². The molecular weight excluding hydrogens is 313 g/mol. The van der Waals surface area contributed by atoms with Crippen molar-refractivity contribution in [2.24, 2.45) is 0 Å². The SMILES string of the molecule is Cc1ccnc(NC(=O)Cc2cc(Br)ccc2F)n1. The van der Waals surface area contributed by atoms with Crippen LogP contribution in [-0.4, -0.2) is 15.9 Å². The van der Waals surface area contributed by atoms with Gasteiger partial charge in [0.2, 0.25) is 11.9 Å². The second-order valence-electron chi connectivity index (χ2n) is 3.98. The molecule has 0 saturated heterocycles. The van der Waals surface area contributed by atoms with Crippen LogP contribution in [0.15, 0.2) is 34.9 Å². The van der Waals surface area contributed by atoms with Gasteiger partial charge < -0.3 is 0 Å². The molecule has 1 heterocycles. The molecule has 2 aromatic rings. The standard InChI is InChI=1S/C13H11BrFN3O/c1-8-4-5-16-13(17-8)18-12(19)7-9-6-10(14)2-3-11(9)15/h2-6H,7H2,1H3,(H,16,17,18,19). The van der Waals surface area contributed by atoms with Crippen molar-refractivity contribution < 1.29 is 9.18 Å². The number of nitrogens with zero attached hydrogens (tertiary/aromatic N) is 2. The van der Waals surface area contributed by atoms with Gasteiger partial charge in [0.1, 0.15) is 5.82 Å². The van der Waals surface area contributed by atoms with Gasteiger partial charge in [-0.25, -0.2) is 14.4 Å². The van der Waals surface area contributed by atoms with Gasteiger partial charge in [0.15, 0.2) is 0 Å². The smallest absolute Gasteiger partial charge is 0.231 e. The van der Waals surface area contributed by atoms with Crippen LogP contribution in [0.3, 0.4) is 0 Å². The molecule has 0 fully saturated rings. The summed E-state index contributed by atoms with van der Waals surface area (Å²) in [4.78, 5) is 19.7. The van der Waals surface area contributed by atoms with Crippen molar-refractivity contribution in [1.29, 1.82) is 0 Å². The Morgan fingerprint density at radius 2 is 2.21 bits per heavy atom. The third-order valence-corrected chi connectivity index (χ3v) is 2.90. The van der Waals surface area contributed by atoms with Crippen LogP contribution in [0.5, 0.6) is 0 Å². The molecule has 0 bridgehead atoms. The first-order valence-electron chi connectivity index (χ1n) is 5.58. The van der Waals surface area contributed by atoms with Gasteiger partial charge in [0, 0.05) is 16.4 Å². The van der Waals surface area contributed by atoms with Gasteiger partial charge in [-0.1, -0.05) is 15.9 Å². The van der Waals surface area contributed by atoms with Crippen LogP contribution in [0, 0.1) is 12.7 Å². The van der Waals surface area contributed by atoms with Gasteiger partial charge in [-0.2, -0.15) is 0 Å². The number of carbonyl (C=O) groups is 1. The number of amides is 1. The highest BCUT2D eigenvalue weighted by Gasteiger charge is 2.10. The molecule has 6 heteroatoms. The van der Waals surface area contributed by atoms with Crippen LogP contribution >= 0.6 is 15.9 Å². The van der Waals surface area contributed by atoms with Crippen molar-refractivity contribution in [2.75, 3.05) is 5.32 Å². The number of anilines is 1. The van der Waals surface area contributed by atoms with E-state index < -0.39 is 5.82 Å². The Morgan fingerprint density at radius 3 is 2.95 bits per heavy atom. The number of rotatable bonds is 3. The van der Waals surface area contributed by atoms with E-state index in [-0.39, 0.29) is 18.3 Å². The van der Waals surface area contributed by atoms with Gasteiger partial charge in [0.25, 0.3) is 0 Å². The van der Waals surface area contributed by atoms with E-state index in [0.717, 1.165) is 10.2 Å². The van der Waals surface area contributed by atoms with Crippen LogP contribution in [0.1, 0.15) is 11.3 Å². The molecule has 98 valence electrons. The van der Waals surface area contributed by atoms with E-state index in [9.17, 15) is 9.18 Å². The number of hydrogen-bond acceptors (Lipinski definition) is 3. The number of benzene rings is 1. The first-order valence-corrected chi connectivity index (χ1v) is 6.37. The third kappa shape index (κ3) is 3.82. The zero-order chi connectivity index (χ0) is 13.8. The summed E-state index contributed by atoms with van der Waals surface area (Å²) in [5.41, 5.74) is 1.07. The Labute approximate surface area is 118 Å². The fourth-order valence-electron chi connectivity index (χ4n) is 1.53. The Kier molecular flexibility index (Phi) is 4.21. The molecule has 0 atom stereocenters. The minimum absolute atomic E-state index is 0.0669. The Morgan fingerprint density at radius 1 is 1.42 bits per heavy atom. The predicted molar refractivity (Wildman–Crippen MR) is 73.2 cm³/mol. The molecule has 1 aromatic heterocycles. The summed E-state index contributed by atoms with van der Waals surface area (Å²) in [6.07, 6.45) is 1.49. The largest absolute Gasteiger partial charge is 0.294 e. The Bertz CT molecular complexity index is 619. The van der Waals surface area contributed by atoms with Crippen molar-refractivity contribution in [1.82, 2.24) is 9.97 Å². The molecular formula is C13H11BrFN3O. The fourth-order valence-corrected chi connectivity index (χ4v) is 1.94. The zero-order valence-electron chi connectivity index (χ0n) is 10.2. The van der Waals surface area contributed by atoms with Gasteiger partial charge in [-0.15, -0.1) is 0 Å². The van der Waals surface area contributed by atoms with E-state index in [1.807, 2.05) is 0 Å². The molecule has 0 aliphatic carbocycles. The van der Waals surface area contributed by atoms with E-state index in [4.69, 9.17) is 0 Å². The first-order chi connectivity index (χ1) is 9.04. The minimum Gasteiger partial charge on any atom is -0.294 e. The Hall–Kier alpha value is -1.82. The van der Waals surface area contributed by atoms with Gasteiger partial charge >= 0.3 is 0 Å². The summed E-state index contributed by atoms with van der Waals surface area (Å²) in [6.45, 7) is 1.80. The maximum atomic E-state index is 13.5. The number of aromatic nitrogens is 2. The van der Waals surface area contributed by atoms with Crippen molar-refractivity contribution >= 4 is 27.8 Å². The van der Waals surface area contributed by atoms with Crippen molar-refractivity contribution in [3.63, 3.8) is 0 Å². The monoisotopic (exact) mass is 323 g/mol. The highest BCUT2D eigenvalue weighted by molar-refractivity contribution is 9.10.